The molecule has 1 N–H and O–H groups in total. The van der Waals surface area contributed by atoms with Crippen molar-refractivity contribution in [3.8, 4) is 0 Å². The van der Waals surface area contributed by atoms with Crippen molar-refractivity contribution >= 4 is 40.1 Å². The van der Waals surface area contributed by atoms with Gasteiger partial charge in [-0.2, -0.15) is 0 Å². The van der Waals surface area contributed by atoms with Gasteiger partial charge >= 0.3 is 5.97 Å². The minimum absolute atomic E-state index is 0.283. The zero-order valence-corrected chi connectivity index (χ0v) is 11.7. The van der Waals surface area contributed by atoms with E-state index in [1.165, 1.54) is 0 Å². The predicted octanol–water partition coefficient (Wildman–Crippen LogP) is 4.43. The number of carboxylic acids is 1. The number of hydrogen-bond donors (Lipinski definition) is 1. The highest BCUT2D eigenvalue weighted by molar-refractivity contribution is 6.45. The highest BCUT2D eigenvalue weighted by Crippen LogP contribution is 2.43. The lowest BCUT2D eigenvalue weighted by Gasteiger charge is -2.12. The number of nitrogens with zero attached hydrogens (tertiary/aromatic N) is 1. The third kappa shape index (κ3) is 1.97. The fourth-order valence-electron chi connectivity index (χ4n) is 2.42. The van der Waals surface area contributed by atoms with Crippen LogP contribution in [0.4, 0.5) is 0 Å². The number of carboxylic acid groups (broad SMARTS) is 1. The molecule has 19 heavy (non-hydrogen) atoms. The maximum atomic E-state index is 11.5. The molecule has 0 spiro atoms. The zero-order chi connectivity index (χ0) is 13.7. The molecule has 0 aliphatic heterocycles. The highest BCUT2D eigenvalue weighted by atomic mass is 35.5. The van der Waals surface area contributed by atoms with Crippen LogP contribution in [-0.2, 0) is 0 Å². The summed E-state index contributed by atoms with van der Waals surface area (Å²) in [6.07, 6.45) is 2.10. The molecule has 0 unspecified atom stereocenters. The van der Waals surface area contributed by atoms with Crippen molar-refractivity contribution in [1.82, 2.24) is 4.98 Å². The van der Waals surface area contributed by atoms with Gasteiger partial charge in [0, 0.05) is 17.0 Å². The average Bonchev–Trinajstić information content (AvgIpc) is 3.17. The summed E-state index contributed by atoms with van der Waals surface area (Å²) in [5.74, 6) is -0.595. The van der Waals surface area contributed by atoms with Gasteiger partial charge in [-0.3, -0.25) is 4.98 Å². The number of halogens is 2. The quantitative estimate of drug-likeness (QED) is 0.892. The molecule has 98 valence electrons. The van der Waals surface area contributed by atoms with Crippen LogP contribution in [0.2, 0.25) is 10.0 Å². The molecule has 3 rings (SSSR count). The van der Waals surface area contributed by atoms with Crippen LogP contribution >= 0.6 is 23.2 Å². The van der Waals surface area contributed by atoms with Crippen molar-refractivity contribution in [2.45, 2.75) is 25.7 Å². The van der Waals surface area contributed by atoms with E-state index < -0.39 is 5.97 Å². The van der Waals surface area contributed by atoms with Gasteiger partial charge in [-0.1, -0.05) is 29.3 Å². The maximum absolute atomic E-state index is 11.5. The number of hydrogen-bond acceptors (Lipinski definition) is 2. The third-order valence-electron chi connectivity index (χ3n) is 3.51. The Morgan fingerprint density at radius 2 is 2.05 bits per heavy atom. The van der Waals surface area contributed by atoms with E-state index in [9.17, 15) is 9.90 Å². The Balaban J connectivity index is 2.44. The summed E-state index contributed by atoms with van der Waals surface area (Å²) in [4.78, 5) is 16.1. The highest BCUT2D eigenvalue weighted by Gasteiger charge is 2.30. The van der Waals surface area contributed by atoms with E-state index in [0.717, 1.165) is 24.1 Å². The monoisotopic (exact) mass is 295 g/mol. The SMILES string of the molecule is Cc1c(C2CC2)nc2c(Cl)c(Cl)ccc2c1C(=O)O. The first-order valence-corrected chi connectivity index (χ1v) is 6.77. The van der Waals surface area contributed by atoms with E-state index >= 15 is 0 Å². The molecule has 1 heterocycles. The lowest BCUT2D eigenvalue weighted by Crippen LogP contribution is -2.06. The first kappa shape index (κ1) is 12.7. The van der Waals surface area contributed by atoms with E-state index in [0.29, 0.717) is 26.9 Å². The second-order valence-electron chi connectivity index (χ2n) is 4.83. The van der Waals surface area contributed by atoms with E-state index in [2.05, 4.69) is 4.98 Å². The average molecular weight is 296 g/mol. The molecule has 1 aliphatic rings. The summed E-state index contributed by atoms with van der Waals surface area (Å²) >= 11 is 12.2. The summed E-state index contributed by atoms with van der Waals surface area (Å²) in [6.45, 7) is 1.81. The molecule has 0 amide bonds. The van der Waals surface area contributed by atoms with Gasteiger partial charge in [-0.15, -0.1) is 0 Å². The minimum atomic E-state index is -0.954. The van der Waals surface area contributed by atoms with Crippen molar-refractivity contribution in [2.24, 2.45) is 0 Å². The van der Waals surface area contributed by atoms with Crippen LogP contribution in [0.3, 0.4) is 0 Å². The smallest absolute Gasteiger partial charge is 0.336 e. The fourth-order valence-corrected chi connectivity index (χ4v) is 2.77. The summed E-state index contributed by atoms with van der Waals surface area (Å²) in [5.41, 5.74) is 2.35. The molecule has 1 aromatic heterocycles. The molecule has 0 atom stereocenters. The van der Waals surface area contributed by atoms with Gasteiger partial charge in [0.2, 0.25) is 0 Å². The van der Waals surface area contributed by atoms with Gasteiger partial charge in [0.15, 0.2) is 0 Å². The largest absolute Gasteiger partial charge is 0.478 e. The van der Waals surface area contributed by atoms with Gasteiger partial charge in [0.25, 0.3) is 0 Å². The van der Waals surface area contributed by atoms with Crippen LogP contribution in [0, 0.1) is 6.92 Å². The van der Waals surface area contributed by atoms with Crippen molar-refractivity contribution in [3.05, 3.63) is 39.0 Å². The van der Waals surface area contributed by atoms with Crippen molar-refractivity contribution in [2.75, 3.05) is 0 Å². The van der Waals surface area contributed by atoms with E-state index in [-0.39, 0.29) is 5.56 Å². The Kier molecular flexibility index (Phi) is 2.91. The second-order valence-corrected chi connectivity index (χ2v) is 5.62. The van der Waals surface area contributed by atoms with Gasteiger partial charge in [-0.25, -0.2) is 4.79 Å². The van der Waals surface area contributed by atoms with Crippen molar-refractivity contribution in [3.63, 3.8) is 0 Å². The fraction of sp³-hybridized carbons (Fsp3) is 0.286. The van der Waals surface area contributed by atoms with E-state index in [4.69, 9.17) is 23.2 Å². The molecular formula is C14H11Cl2NO2. The van der Waals surface area contributed by atoms with Crippen LogP contribution in [0.5, 0.6) is 0 Å². The number of pyridine rings is 1. The minimum Gasteiger partial charge on any atom is -0.478 e. The Morgan fingerprint density at radius 1 is 1.37 bits per heavy atom. The number of aromatic carboxylic acids is 1. The molecule has 5 heteroatoms. The first-order chi connectivity index (χ1) is 9.00. The van der Waals surface area contributed by atoms with Crippen LogP contribution in [-0.4, -0.2) is 16.1 Å². The summed E-state index contributed by atoms with van der Waals surface area (Å²) < 4.78 is 0. The predicted molar refractivity (Wildman–Crippen MR) is 75.4 cm³/mol. The molecule has 2 aromatic rings. The molecule has 1 aliphatic carbocycles. The number of benzene rings is 1. The molecule has 1 saturated carbocycles. The van der Waals surface area contributed by atoms with Crippen LogP contribution in [0.1, 0.15) is 40.4 Å². The second kappa shape index (κ2) is 4.36. The first-order valence-electron chi connectivity index (χ1n) is 6.02. The maximum Gasteiger partial charge on any atom is 0.336 e. The number of fused-ring (bicyclic) bond motifs is 1. The molecule has 1 fully saturated rings. The number of carbonyl (C=O) groups is 1. The van der Waals surface area contributed by atoms with Crippen molar-refractivity contribution in [1.29, 1.82) is 0 Å². The Labute approximate surface area is 120 Å². The lowest BCUT2D eigenvalue weighted by atomic mass is 9.99. The van der Waals surface area contributed by atoms with Gasteiger partial charge in [0.1, 0.15) is 0 Å². The molecule has 0 saturated heterocycles. The van der Waals surface area contributed by atoms with Gasteiger partial charge in [0.05, 0.1) is 21.1 Å². The molecule has 0 bridgehead atoms. The Morgan fingerprint density at radius 3 is 2.63 bits per heavy atom. The van der Waals surface area contributed by atoms with Crippen LogP contribution in [0.15, 0.2) is 12.1 Å². The number of rotatable bonds is 2. The van der Waals surface area contributed by atoms with Gasteiger partial charge in [-0.05, 0) is 31.4 Å². The Hall–Kier alpha value is -1.32. The molecule has 3 nitrogen and oxygen atoms in total. The summed E-state index contributed by atoms with van der Waals surface area (Å²) in [7, 11) is 0. The molecule has 1 aromatic carbocycles. The van der Waals surface area contributed by atoms with Crippen molar-refractivity contribution < 1.29 is 9.90 Å². The summed E-state index contributed by atoms with van der Waals surface area (Å²) in [5, 5.41) is 10.7. The van der Waals surface area contributed by atoms with E-state index in [1.54, 1.807) is 12.1 Å². The van der Waals surface area contributed by atoms with Gasteiger partial charge < -0.3 is 5.11 Å². The summed E-state index contributed by atoms with van der Waals surface area (Å²) in [6, 6.07) is 3.28. The number of aromatic nitrogens is 1. The van der Waals surface area contributed by atoms with Crippen LogP contribution < -0.4 is 0 Å². The molecular weight excluding hydrogens is 285 g/mol. The standard InChI is InChI=1S/C14H11Cl2NO2/c1-6-10(14(18)19)8-4-5-9(15)11(16)13(8)17-12(6)7-2-3-7/h4-5,7H,2-3H2,1H3,(H,18,19). The normalized spacial score (nSPS) is 14.9. The third-order valence-corrected chi connectivity index (χ3v) is 4.30. The van der Waals surface area contributed by atoms with E-state index in [1.807, 2.05) is 6.92 Å². The Bertz CT molecular complexity index is 708. The van der Waals surface area contributed by atoms with Crippen LogP contribution in [0.25, 0.3) is 10.9 Å². The topological polar surface area (TPSA) is 50.2 Å². The zero-order valence-electron chi connectivity index (χ0n) is 10.2. The lowest BCUT2D eigenvalue weighted by molar-refractivity contribution is 0.0698. The molecule has 0 radical (unpaired) electrons.